The Kier molecular flexibility index (Phi) is 3.27. The zero-order valence-electron chi connectivity index (χ0n) is 10.7. The molecule has 2 aliphatic heterocycles. The first-order chi connectivity index (χ1) is 9.63. The van der Waals surface area contributed by atoms with E-state index in [2.05, 4.69) is 15.6 Å². The number of ether oxygens (including phenoxy) is 1. The molecule has 3 atom stereocenters. The minimum absolute atomic E-state index is 0.00120. The predicted octanol–water partition coefficient (Wildman–Crippen LogP) is 1.22. The fraction of sp³-hybridized carbons (Fsp3) is 0.462. The molecule has 2 aliphatic rings. The maximum Gasteiger partial charge on any atom is 0.356 e. The number of nitrogens with one attached hydrogen (secondary N) is 2. The molecule has 2 amide bonds. The summed E-state index contributed by atoms with van der Waals surface area (Å²) in [5, 5.41) is 14.4. The Morgan fingerprint density at radius 3 is 2.90 bits per heavy atom. The minimum atomic E-state index is -1.18. The molecule has 3 heterocycles. The number of amides is 2. The number of rotatable bonds is 3. The Bertz CT molecular complexity index is 548. The van der Waals surface area contributed by atoms with Gasteiger partial charge in [-0.25, -0.2) is 14.6 Å². The van der Waals surface area contributed by atoms with Crippen LogP contribution in [0.25, 0.3) is 0 Å². The zero-order valence-corrected chi connectivity index (χ0v) is 10.7. The van der Waals surface area contributed by atoms with E-state index in [-0.39, 0.29) is 29.6 Å². The van der Waals surface area contributed by atoms with E-state index >= 15 is 0 Å². The summed E-state index contributed by atoms with van der Waals surface area (Å²) in [4.78, 5) is 26.7. The third kappa shape index (κ3) is 2.44. The van der Waals surface area contributed by atoms with Crippen LogP contribution >= 0.6 is 0 Å². The van der Waals surface area contributed by atoms with Crippen molar-refractivity contribution in [3.63, 3.8) is 0 Å². The number of carboxylic acids is 1. The molecule has 3 N–H and O–H groups in total. The monoisotopic (exact) mass is 277 g/mol. The van der Waals surface area contributed by atoms with Gasteiger partial charge in [0, 0.05) is 6.20 Å². The number of carbonyl (C=O) groups is 2. The molecule has 3 rings (SSSR count). The highest BCUT2D eigenvalue weighted by Crippen LogP contribution is 2.34. The number of urea groups is 1. The smallest absolute Gasteiger partial charge is 0.356 e. The van der Waals surface area contributed by atoms with Gasteiger partial charge in [-0.1, -0.05) is 0 Å². The second kappa shape index (κ2) is 5.09. The summed E-state index contributed by atoms with van der Waals surface area (Å²) in [5.74, 6) is -1.18. The number of anilines is 1. The Hall–Kier alpha value is -2.15. The van der Waals surface area contributed by atoms with Crippen LogP contribution in [0.15, 0.2) is 18.3 Å². The van der Waals surface area contributed by atoms with Gasteiger partial charge in [0.05, 0.1) is 23.9 Å². The van der Waals surface area contributed by atoms with Crippen LogP contribution in [0.1, 0.15) is 29.8 Å². The van der Waals surface area contributed by atoms with Crippen LogP contribution in [0.5, 0.6) is 0 Å². The molecule has 106 valence electrons. The van der Waals surface area contributed by atoms with Crippen molar-refractivity contribution in [1.82, 2.24) is 10.3 Å². The van der Waals surface area contributed by atoms with Crippen LogP contribution in [0.4, 0.5) is 10.5 Å². The predicted molar refractivity (Wildman–Crippen MR) is 69.7 cm³/mol. The molecule has 3 unspecified atom stereocenters. The number of fused-ring (bicyclic) bond motifs is 2. The second-order valence-electron chi connectivity index (χ2n) is 5.02. The third-order valence-corrected chi connectivity index (χ3v) is 3.68. The molecule has 0 spiro atoms. The lowest BCUT2D eigenvalue weighted by Crippen LogP contribution is -2.43. The highest BCUT2D eigenvalue weighted by atomic mass is 16.5. The Labute approximate surface area is 115 Å². The zero-order chi connectivity index (χ0) is 14.1. The molecule has 7 heteroatoms. The van der Waals surface area contributed by atoms with E-state index in [1.165, 1.54) is 12.3 Å². The number of aromatic nitrogens is 1. The second-order valence-corrected chi connectivity index (χ2v) is 5.02. The average molecular weight is 277 g/mol. The van der Waals surface area contributed by atoms with Gasteiger partial charge in [-0.15, -0.1) is 0 Å². The number of hydrogen-bond donors (Lipinski definition) is 3. The fourth-order valence-electron chi connectivity index (χ4n) is 2.79. The average Bonchev–Trinajstić information content (AvgIpc) is 3.01. The summed E-state index contributed by atoms with van der Waals surface area (Å²) in [7, 11) is 0. The van der Waals surface area contributed by atoms with Gasteiger partial charge in [-0.05, 0) is 31.4 Å². The van der Waals surface area contributed by atoms with Crippen LogP contribution in [0.3, 0.4) is 0 Å². The van der Waals surface area contributed by atoms with Crippen LogP contribution < -0.4 is 10.6 Å². The Morgan fingerprint density at radius 2 is 2.25 bits per heavy atom. The van der Waals surface area contributed by atoms with Gasteiger partial charge in [0.25, 0.3) is 0 Å². The van der Waals surface area contributed by atoms with Gasteiger partial charge in [-0.3, -0.25) is 0 Å². The molecule has 20 heavy (non-hydrogen) atoms. The van der Waals surface area contributed by atoms with Crippen molar-refractivity contribution in [3.05, 3.63) is 24.0 Å². The van der Waals surface area contributed by atoms with Crippen LogP contribution in [0.2, 0.25) is 0 Å². The van der Waals surface area contributed by atoms with Crippen LogP contribution in [-0.4, -0.2) is 40.3 Å². The number of carboxylic acid groups (broad SMARTS) is 1. The molecule has 1 aromatic rings. The van der Waals surface area contributed by atoms with E-state index in [9.17, 15) is 9.59 Å². The molecular weight excluding hydrogens is 262 g/mol. The molecule has 1 aromatic heterocycles. The number of hydrogen-bond acceptors (Lipinski definition) is 4. The van der Waals surface area contributed by atoms with E-state index in [0.29, 0.717) is 0 Å². The SMILES string of the molecule is O=C(Nc1cccnc1C(=O)O)NC1CC2CCC1O2. The molecular formula is C13H15N3O4. The number of nitrogens with zero attached hydrogens (tertiary/aromatic N) is 1. The van der Waals surface area contributed by atoms with Crippen LogP contribution in [0, 0.1) is 0 Å². The van der Waals surface area contributed by atoms with Gasteiger partial charge in [-0.2, -0.15) is 0 Å². The van der Waals surface area contributed by atoms with Crippen molar-refractivity contribution in [2.75, 3.05) is 5.32 Å². The first-order valence-electron chi connectivity index (χ1n) is 6.55. The summed E-state index contributed by atoms with van der Waals surface area (Å²) in [6.07, 6.45) is 4.53. The number of carbonyl (C=O) groups excluding carboxylic acids is 1. The Morgan fingerprint density at radius 1 is 1.40 bits per heavy atom. The molecule has 0 saturated carbocycles. The molecule has 2 fully saturated rings. The maximum atomic E-state index is 11.9. The van der Waals surface area contributed by atoms with Crippen molar-refractivity contribution < 1.29 is 19.4 Å². The van der Waals surface area contributed by atoms with Gasteiger partial charge < -0.3 is 20.5 Å². The number of pyridine rings is 1. The van der Waals surface area contributed by atoms with Crippen molar-refractivity contribution in [2.45, 2.75) is 37.5 Å². The molecule has 0 aromatic carbocycles. The van der Waals surface area contributed by atoms with Gasteiger partial charge in [0.1, 0.15) is 0 Å². The highest BCUT2D eigenvalue weighted by Gasteiger charge is 2.41. The maximum absolute atomic E-state index is 11.9. The normalized spacial score (nSPS) is 27.3. The largest absolute Gasteiger partial charge is 0.476 e. The van der Waals surface area contributed by atoms with Crippen molar-refractivity contribution in [1.29, 1.82) is 0 Å². The van der Waals surface area contributed by atoms with Crippen molar-refractivity contribution >= 4 is 17.7 Å². The lowest BCUT2D eigenvalue weighted by Gasteiger charge is -2.20. The van der Waals surface area contributed by atoms with E-state index < -0.39 is 12.0 Å². The first kappa shape index (κ1) is 12.9. The summed E-state index contributed by atoms with van der Waals surface area (Å²) >= 11 is 0. The van der Waals surface area contributed by atoms with Crippen LogP contribution in [-0.2, 0) is 4.74 Å². The Balaban J connectivity index is 1.63. The van der Waals surface area contributed by atoms with Crippen molar-refractivity contribution in [2.24, 2.45) is 0 Å². The highest BCUT2D eigenvalue weighted by molar-refractivity contribution is 5.98. The molecule has 2 saturated heterocycles. The quantitative estimate of drug-likeness (QED) is 0.771. The molecule has 7 nitrogen and oxygen atoms in total. The molecule has 0 aliphatic carbocycles. The summed E-state index contributed by atoms with van der Waals surface area (Å²) in [5.41, 5.74) is 0.00779. The molecule has 0 radical (unpaired) electrons. The summed E-state index contributed by atoms with van der Waals surface area (Å²) in [6.45, 7) is 0. The van der Waals surface area contributed by atoms with E-state index in [1.807, 2.05) is 0 Å². The number of aromatic carboxylic acids is 1. The van der Waals surface area contributed by atoms with Gasteiger partial charge in [0.15, 0.2) is 5.69 Å². The first-order valence-corrected chi connectivity index (χ1v) is 6.55. The lowest BCUT2D eigenvalue weighted by atomic mass is 9.96. The van der Waals surface area contributed by atoms with Gasteiger partial charge in [0.2, 0.25) is 0 Å². The third-order valence-electron chi connectivity index (χ3n) is 3.68. The summed E-state index contributed by atoms with van der Waals surface area (Å²) in [6, 6.07) is 2.65. The van der Waals surface area contributed by atoms with Gasteiger partial charge >= 0.3 is 12.0 Å². The summed E-state index contributed by atoms with van der Waals surface area (Å²) < 4.78 is 5.65. The lowest BCUT2D eigenvalue weighted by molar-refractivity contribution is 0.0691. The van der Waals surface area contributed by atoms with E-state index in [4.69, 9.17) is 9.84 Å². The topological polar surface area (TPSA) is 101 Å². The molecule has 2 bridgehead atoms. The fourth-order valence-corrected chi connectivity index (χ4v) is 2.79. The standard InChI is InChI=1S/C13H15N3O4/c17-12(18)11-8(2-1-5-14-11)15-13(19)16-9-6-7-3-4-10(9)20-7/h1-2,5,7,9-10H,3-4,6H2,(H,17,18)(H2,15,16,19). The van der Waals surface area contributed by atoms with Crippen molar-refractivity contribution in [3.8, 4) is 0 Å². The van der Waals surface area contributed by atoms with E-state index in [0.717, 1.165) is 19.3 Å². The minimum Gasteiger partial charge on any atom is -0.476 e. The van der Waals surface area contributed by atoms with E-state index in [1.54, 1.807) is 6.07 Å².